The molecular formula is C15H11NO3. The Hall–Kier alpha value is -2.80. The molecule has 0 aromatic heterocycles. The van der Waals surface area contributed by atoms with Crippen molar-refractivity contribution in [1.82, 2.24) is 0 Å². The first-order chi connectivity index (χ1) is 9.20. The standard InChI is InChI=1S/C15H11NO3/c1-2-13-10-14(16(17)18)8-9-15(13)19-11-12-6-4-3-5-7-12/h1,3-10H,11H2. The lowest BCUT2D eigenvalue weighted by molar-refractivity contribution is -0.384. The molecule has 2 rings (SSSR count). The Morgan fingerprint density at radius 1 is 1.21 bits per heavy atom. The Morgan fingerprint density at radius 2 is 1.95 bits per heavy atom. The zero-order chi connectivity index (χ0) is 13.7. The molecule has 0 unspecified atom stereocenters. The summed E-state index contributed by atoms with van der Waals surface area (Å²) in [6.07, 6.45) is 5.34. The van der Waals surface area contributed by atoms with Crippen LogP contribution in [-0.2, 0) is 6.61 Å². The van der Waals surface area contributed by atoms with Crippen LogP contribution in [0.15, 0.2) is 48.5 Å². The van der Waals surface area contributed by atoms with Crippen LogP contribution in [0.3, 0.4) is 0 Å². The van der Waals surface area contributed by atoms with Gasteiger partial charge in [0.05, 0.1) is 10.5 Å². The summed E-state index contributed by atoms with van der Waals surface area (Å²) in [7, 11) is 0. The normalized spacial score (nSPS) is 9.63. The highest BCUT2D eigenvalue weighted by Gasteiger charge is 2.10. The summed E-state index contributed by atoms with van der Waals surface area (Å²) >= 11 is 0. The first-order valence-corrected chi connectivity index (χ1v) is 5.62. The van der Waals surface area contributed by atoms with Gasteiger partial charge in [0.25, 0.3) is 5.69 Å². The van der Waals surface area contributed by atoms with E-state index in [-0.39, 0.29) is 5.69 Å². The summed E-state index contributed by atoms with van der Waals surface area (Å²) < 4.78 is 5.58. The molecule has 0 amide bonds. The summed E-state index contributed by atoms with van der Waals surface area (Å²) in [5.41, 5.74) is 1.34. The maximum absolute atomic E-state index is 10.7. The van der Waals surface area contributed by atoms with Gasteiger partial charge in [-0.2, -0.15) is 0 Å². The van der Waals surface area contributed by atoms with Gasteiger partial charge in [-0.15, -0.1) is 6.42 Å². The Balaban J connectivity index is 2.17. The maximum Gasteiger partial charge on any atom is 0.270 e. The summed E-state index contributed by atoms with van der Waals surface area (Å²) in [5.74, 6) is 2.87. The number of nitro benzene ring substituents is 1. The first kappa shape index (κ1) is 12.7. The van der Waals surface area contributed by atoms with E-state index in [4.69, 9.17) is 11.2 Å². The van der Waals surface area contributed by atoms with E-state index in [0.717, 1.165) is 5.56 Å². The first-order valence-electron chi connectivity index (χ1n) is 5.62. The van der Waals surface area contributed by atoms with Crippen molar-refractivity contribution >= 4 is 5.69 Å². The van der Waals surface area contributed by atoms with E-state index >= 15 is 0 Å². The third-order valence-electron chi connectivity index (χ3n) is 2.57. The topological polar surface area (TPSA) is 52.4 Å². The third kappa shape index (κ3) is 3.11. The second-order valence-electron chi connectivity index (χ2n) is 3.86. The van der Waals surface area contributed by atoms with Gasteiger partial charge in [0.15, 0.2) is 0 Å². The van der Waals surface area contributed by atoms with Gasteiger partial charge < -0.3 is 4.74 Å². The molecule has 0 spiro atoms. The van der Waals surface area contributed by atoms with E-state index in [0.29, 0.717) is 17.9 Å². The molecule has 0 aliphatic heterocycles. The fourth-order valence-corrected chi connectivity index (χ4v) is 1.61. The zero-order valence-electron chi connectivity index (χ0n) is 10.1. The second-order valence-corrected chi connectivity index (χ2v) is 3.86. The van der Waals surface area contributed by atoms with Crippen molar-refractivity contribution in [2.45, 2.75) is 6.61 Å². The zero-order valence-corrected chi connectivity index (χ0v) is 10.1. The average molecular weight is 253 g/mol. The van der Waals surface area contributed by atoms with Gasteiger partial charge in [-0.25, -0.2) is 0 Å². The predicted octanol–water partition coefficient (Wildman–Crippen LogP) is 3.16. The molecule has 0 bridgehead atoms. The molecular weight excluding hydrogens is 242 g/mol. The molecule has 0 atom stereocenters. The number of nitrogens with zero attached hydrogens (tertiary/aromatic N) is 1. The van der Waals surface area contributed by atoms with E-state index in [2.05, 4.69) is 5.92 Å². The van der Waals surface area contributed by atoms with Gasteiger partial charge in [0.1, 0.15) is 12.4 Å². The molecule has 0 heterocycles. The third-order valence-corrected chi connectivity index (χ3v) is 2.57. The van der Waals surface area contributed by atoms with Crippen LogP contribution in [0.1, 0.15) is 11.1 Å². The van der Waals surface area contributed by atoms with Crippen molar-refractivity contribution in [2.24, 2.45) is 0 Å². The molecule has 0 fully saturated rings. The number of hydrogen-bond acceptors (Lipinski definition) is 3. The SMILES string of the molecule is C#Cc1cc([N+](=O)[O-])ccc1OCc1ccccc1. The molecule has 4 nitrogen and oxygen atoms in total. The monoisotopic (exact) mass is 253 g/mol. The number of ether oxygens (including phenoxy) is 1. The van der Waals surface area contributed by atoms with Crippen molar-refractivity contribution < 1.29 is 9.66 Å². The molecule has 2 aromatic carbocycles. The average Bonchev–Trinajstić information content (AvgIpc) is 2.45. The molecule has 0 saturated carbocycles. The number of nitro groups is 1. The Labute approximate surface area is 110 Å². The lowest BCUT2D eigenvalue weighted by atomic mass is 10.2. The number of terminal acetylenes is 1. The lowest BCUT2D eigenvalue weighted by Gasteiger charge is -2.08. The van der Waals surface area contributed by atoms with Gasteiger partial charge in [-0.05, 0) is 11.6 Å². The van der Waals surface area contributed by atoms with E-state index in [1.165, 1.54) is 18.2 Å². The smallest absolute Gasteiger partial charge is 0.270 e. The van der Waals surface area contributed by atoms with Crippen LogP contribution in [0.5, 0.6) is 5.75 Å². The number of benzene rings is 2. The van der Waals surface area contributed by atoms with Gasteiger partial charge >= 0.3 is 0 Å². The molecule has 94 valence electrons. The van der Waals surface area contributed by atoms with E-state index in [9.17, 15) is 10.1 Å². The largest absolute Gasteiger partial charge is 0.488 e. The minimum Gasteiger partial charge on any atom is -0.488 e. The van der Waals surface area contributed by atoms with Crippen molar-refractivity contribution in [2.75, 3.05) is 0 Å². The molecule has 0 aliphatic carbocycles. The van der Waals surface area contributed by atoms with Crippen molar-refractivity contribution in [3.8, 4) is 18.1 Å². The highest BCUT2D eigenvalue weighted by Crippen LogP contribution is 2.24. The molecule has 0 saturated heterocycles. The van der Waals surface area contributed by atoms with E-state index in [1.807, 2.05) is 30.3 Å². The summed E-state index contributed by atoms with van der Waals surface area (Å²) in [6.45, 7) is 0.368. The van der Waals surface area contributed by atoms with E-state index < -0.39 is 4.92 Å². The maximum atomic E-state index is 10.7. The Kier molecular flexibility index (Phi) is 3.79. The van der Waals surface area contributed by atoms with Crippen LogP contribution < -0.4 is 4.74 Å². The summed E-state index contributed by atoms with van der Waals surface area (Å²) in [4.78, 5) is 10.2. The van der Waals surface area contributed by atoms with Gasteiger partial charge in [-0.3, -0.25) is 10.1 Å². The predicted molar refractivity (Wildman–Crippen MR) is 71.8 cm³/mol. The van der Waals surface area contributed by atoms with Crippen molar-refractivity contribution in [3.63, 3.8) is 0 Å². The molecule has 0 radical (unpaired) electrons. The molecule has 4 heteroatoms. The van der Waals surface area contributed by atoms with Crippen LogP contribution >= 0.6 is 0 Å². The Morgan fingerprint density at radius 3 is 2.58 bits per heavy atom. The van der Waals surface area contributed by atoms with Crippen LogP contribution in [0.4, 0.5) is 5.69 Å². The van der Waals surface area contributed by atoms with Crippen molar-refractivity contribution in [3.05, 3.63) is 69.8 Å². The molecule has 19 heavy (non-hydrogen) atoms. The van der Waals surface area contributed by atoms with Crippen LogP contribution in [0.2, 0.25) is 0 Å². The minimum atomic E-state index is -0.484. The number of hydrogen-bond donors (Lipinski definition) is 0. The van der Waals surface area contributed by atoms with Crippen molar-refractivity contribution in [1.29, 1.82) is 0 Å². The summed E-state index contributed by atoms with van der Waals surface area (Å²) in [5, 5.41) is 10.7. The van der Waals surface area contributed by atoms with Gasteiger partial charge in [0.2, 0.25) is 0 Å². The number of non-ortho nitro benzene ring substituents is 1. The minimum absolute atomic E-state index is 0.0417. The molecule has 0 aliphatic rings. The summed E-state index contributed by atoms with van der Waals surface area (Å²) in [6, 6.07) is 13.8. The Bertz CT molecular complexity index is 630. The fourth-order valence-electron chi connectivity index (χ4n) is 1.61. The quantitative estimate of drug-likeness (QED) is 0.478. The lowest BCUT2D eigenvalue weighted by Crippen LogP contribution is -1.98. The second kappa shape index (κ2) is 5.69. The highest BCUT2D eigenvalue weighted by molar-refractivity contribution is 5.51. The van der Waals surface area contributed by atoms with Gasteiger partial charge in [-0.1, -0.05) is 36.3 Å². The van der Waals surface area contributed by atoms with E-state index in [1.54, 1.807) is 0 Å². The van der Waals surface area contributed by atoms with Crippen LogP contribution in [0, 0.1) is 22.5 Å². The molecule has 2 aromatic rings. The highest BCUT2D eigenvalue weighted by atomic mass is 16.6. The molecule has 0 N–H and O–H groups in total. The number of rotatable bonds is 4. The van der Waals surface area contributed by atoms with Crippen LogP contribution in [-0.4, -0.2) is 4.92 Å². The van der Waals surface area contributed by atoms with Crippen LogP contribution in [0.25, 0.3) is 0 Å². The van der Waals surface area contributed by atoms with Gasteiger partial charge in [0, 0.05) is 12.1 Å². The fraction of sp³-hybridized carbons (Fsp3) is 0.0667.